The zero-order valence-electron chi connectivity index (χ0n) is 8.91. The maximum Gasteiger partial charge on any atom is 0.0701 e. The average Bonchev–Trinajstić information content (AvgIpc) is 2.65. The highest BCUT2D eigenvalue weighted by Crippen LogP contribution is 2.24. The Bertz CT molecular complexity index is 315. The van der Waals surface area contributed by atoms with Gasteiger partial charge in [0.2, 0.25) is 0 Å². The number of thiophene rings is 1. The minimum absolute atomic E-state index is 0.597. The van der Waals surface area contributed by atoms with Crippen LogP contribution in [0.15, 0.2) is 15.9 Å². The molecule has 1 aromatic rings. The topological polar surface area (TPSA) is 12.5 Å². The van der Waals surface area contributed by atoms with Crippen LogP contribution in [0.5, 0.6) is 0 Å². The van der Waals surface area contributed by atoms with Gasteiger partial charge in [-0.15, -0.1) is 11.3 Å². The molecule has 0 aliphatic carbocycles. The summed E-state index contributed by atoms with van der Waals surface area (Å²) in [7, 11) is 0. The standard InChI is InChI=1S/C11H16BrNOS/c1-2-9-8-14-6-5-13(9)7-10-3-4-11(12)15-10/h3-4,9H,2,5-8H2,1H3. The number of halogens is 1. The zero-order valence-corrected chi connectivity index (χ0v) is 11.3. The van der Waals surface area contributed by atoms with Gasteiger partial charge in [-0.1, -0.05) is 6.92 Å². The van der Waals surface area contributed by atoms with E-state index in [4.69, 9.17) is 4.74 Å². The summed E-state index contributed by atoms with van der Waals surface area (Å²) < 4.78 is 6.72. The Morgan fingerprint density at radius 1 is 1.60 bits per heavy atom. The highest BCUT2D eigenvalue weighted by atomic mass is 79.9. The van der Waals surface area contributed by atoms with Crippen LogP contribution in [0.1, 0.15) is 18.2 Å². The number of hydrogen-bond acceptors (Lipinski definition) is 3. The molecule has 1 aromatic heterocycles. The first-order chi connectivity index (χ1) is 7.29. The van der Waals surface area contributed by atoms with Crippen LogP contribution >= 0.6 is 27.3 Å². The van der Waals surface area contributed by atoms with Gasteiger partial charge in [-0.3, -0.25) is 4.90 Å². The van der Waals surface area contributed by atoms with Gasteiger partial charge >= 0.3 is 0 Å². The number of rotatable bonds is 3. The molecule has 1 fully saturated rings. The van der Waals surface area contributed by atoms with Gasteiger partial charge in [0, 0.05) is 24.0 Å². The molecule has 2 heterocycles. The summed E-state index contributed by atoms with van der Waals surface area (Å²) in [4.78, 5) is 3.96. The molecule has 1 aliphatic heterocycles. The number of ether oxygens (including phenoxy) is 1. The second-order valence-corrected chi connectivity index (χ2v) is 6.36. The first kappa shape index (κ1) is 11.6. The lowest BCUT2D eigenvalue weighted by Gasteiger charge is -2.34. The molecule has 84 valence electrons. The van der Waals surface area contributed by atoms with Crippen LogP contribution in [0.25, 0.3) is 0 Å². The summed E-state index contributed by atoms with van der Waals surface area (Å²) in [5, 5.41) is 0. The molecule has 1 unspecified atom stereocenters. The van der Waals surface area contributed by atoms with Gasteiger partial charge in [0.1, 0.15) is 0 Å². The van der Waals surface area contributed by atoms with Crippen molar-refractivity contribution in [2.75, 3.05) is 19.8 Å². The minimum atomic E-state index is 0.597. The highest BCUT2D eigenvalue weighted by molar-refractivity contribution is 9.11. The Morgan fingerprint density at radius 2 is 2.47 bits per heavy atom. The molecule has 2 rings (SSSR count). The van der Waals surface area contributed by atoms with E-state index in [9.17, 15) is 0 Å². The molecule has 0 saturated carbocycles. The van der Waals surface area contributed by atoms with Crippen LogP contribution in [0.3, 0.4) is 0 Å². The lowest BCUT2D eigenvalue weighted by Crippen LogP contribution is -2.44. The number of hydrogen-bond donors (Lipinski definition) is 0. The van der Waals surface area contributed by atoms with Gasteiger partial charge in [0.15, 0.2) is 0 Å². The molecule has 4 heteroatoms. The van der Waals surface area contributed by atoms with E-state index < -0.39 is 0 Å². The van der Waals surface area contributed by atoms with Gasteiger partial charge in [0.05, 0.1) is 17.0 Å². The lowest BCUT2D eigenvalue weighted by molar-refractivity contribution is -0.0122. The van der Waals surface area contributed by atoms with Crippen molar-refractivity contribution in [2.24, 2.45) is 0 Å². The Kier molecular flexibility index (Phi) is 4.20. The third-order valence-electron chi connectivity index (χ3n) is 2.81. The van der Waals surface area contributed by atoms with Crippen molar-refractivity contribution in [2.45, 2.75) is 25.9 Å². The predicted molar refractivity (Wildman–Crippen MR) is 67.3 cm³/mol. The molecule has 2 nitrogen and oxygen atoms in total. The quantitative estimate of drug-likeness (QED) is 0.848. The highest BCUT2D eigenvalue weighted by Gasteiger charge is 2.21. The SMILES string of the molecule is CCC1COCCN1Cc1ccc(Br)s1. The fraction of sp³-hybridized carbons (Fsp3) is 0.636. The Balaban J connectivity index is 1.97. The first-order valence-corrected chi connectivity index (χ1v) is 6.96. The maximum absolute atomic E-state index is 5.50. The maximum atomic E-state index is 5.50. The van der Waals surface area contributed by atoms with Crippen molar-refractivity contribution in [1.82, 2.24) is 4.90 Å². The smallest absolute Gasteiger partial charge is 0.0701 e. The van der Waals surface area contributed by atoms with Gasteiger partial charge in [-0.25, -0.2) is 0 Å². The summed E-state index contributed by atoms with van der Waals surface area (Å²) in [6.07, 6.45) is 1.17. The molecule has 0 radical (unpaired) electrons. The van der Waals surface area contributed by atoms with Crippen LogP contribution in [0, 0.1) is 0 Å². The van der Waals surface area contributed by atoms with Crippen LogP contribution in [0.2, 0.25) is 0 Å². The third-order valence-corrected chi connectivity index (χ3v) is 4.42. The molecule has 0 bridgehead atoms. The van der Waals surface area contributed by atoms with Gasteiger partial charge in [0.25, 0.3) is 0 Å². The molecule has 1 saturated heterocycles. The summed E-state index contributed by atoms with van der Waals surface area (Å²) in [5.74, 6) is 0. The number of nitrogens with zero attached hydrogens (tertiary/aromatic N) is 1. The van der Waals surface area contributed by atoms with Crippen molar-refractivity contribution in [3.63, 3.8) is 0 Å². The van der Waals surface area contributed by atoms with Crippen molar-refractivity contribution in [3.05, 3.63) is 20.8 Å². The van der Waals surface area contributed by atoms with Crippen LogP contribution in [-0.2, 0) is 11.3 Å². The fourth-order valence-electron chi connectivity index (χ4n) is 1.91. The molecule has 0 N–H and O–H groups in total. The Hall–Kier alpha value is 0.1000. The summed E-state index contributed by atoms with van der Waals surface area (Å²) >= 11 is 5.33. The first-order valence-electron chi connectivity index (χ1n) is 5.35. The summed E-state index contributed by atoms with van der Waals surface area (Å²) in [5.41, 5.74) is 0. The molecule has 1 atom stereocenters. The van der Waals surface area contributed by atoms with Crippen molar-refractivity contribution >= 4 is 27.3 Å². The molecular weight excluding hydrogens is 274 g/mol. The van der Waals surface area contributed by atoms with E-state index in [1.807, 2.05) is 11.3 Å². The van der Waals surface area contributed by atoms with E-state index in [-0.39, 0.29) is 0 Å². The monoisotopic (exact) mass is 289 g/mol. The molecular formula is C11H16BrNOS. The minimum Gasteiger partial charge on any atom is -0.378 e. The molecule has 0 amide bonds. The van der Waals surface area contributed by atoms with Gasteiger partial charge in [-0.2, -0.15) is 0 Å². The van der Waals surface area contributed by atoms with Crippen molar-refractivity contribution < 1.29 is 4.74 Å². The van der Waals surface area contributed by atoms with E-state index in [2.05, 4.69) is 39.9 Å². The van der Waals surface area contributed by atoms with Crippen molar-refractivity contribution in [3.8, 4) is 0 Å². The zero-order chi connectivity index (χ0) is 10.7. The van der Waals surface area contributed by atoms with E-state index >= 15 is 0 Å². The molecule has 0 spiro atoms. The normalized spacial score (nSPS) is 23.2. The Labute approximate surface area is 103 Å². The molecule has 0 aromatic carbocycles. The Morgan fingerprint density at radius 3 is 3.13 bits per heavy atom. The third kappa shape index (κ3) is 3.03. The van der Waals surface area contributed by atoms with Gasteiger partial charge in [-0.05, 0) is 34.5 Å². The summed E-state index contributed by atoms with van der Waals surface area (Å²) in [6.45, 7) is 6.13. The fourth-order valence-corrected chi connectivity index (χ4v) is 3.42. The number of morpholine rings is 1. The van der Waals surface area contributed by atoms with Gasteiger partial charge < -0.3 is 4.74 Å². The van der Waals surface area contributed by atoms with E-state index in [0.29, 0.717) is 6.04 Å². The van der Waals surface area contributed by atoms with Crippen LogP contribution < -0.4 is 0 Å². The second-order valence-electron chi connectivity index (χ2n) is 3.81. The van der Waals surface area contributed by atoms with E-state index in [0.717, 1.165) is 26.3 Å². The van der Waals surface area contributed by atoms with Crippen molar-refractivity contribution in [1.29, 1.82) is 0 Å². The predicted octanol–water partition coefficient (Wildman–Crippen LogP) is 3.12. The van der Waals surface area contributed by atoms with E-state index in [1.165, 1.54) is 15.1 Å². The largest absolute Gasteiger partial charge is 0.378 e. The lowest BCUT2D eigenvalue weighted by atomic mass is 10.2. The average molecular weight is 290 g/mol. The second kappa shape index (κ2) is 5.43. The van der Waals surface area contributed by atoms with Crippen LogP contribution in [0.4, 0.5) is 0 Å². The molecule has 15 heavy (non-hydrogen) atoms. The van der Waals surface area contributed by atoms with Crippen LogP contribution in [-0.4, -0.2) is 30.7 Å². The molecule has 1 aliphatic rings. The van der Waals surface area contributed by atoms with E-state index in [1.54, 1.807) is 0 Å². The summed E-state index contributed by atoms with van der Waals surface area (Å²) in [6, 6.07) is 4.93.